The van der Waals surface area contributed by atoms with E-state index in [2.05, 4.69) is 20.6 Å². The average molecular weight is 487 g/mol. The van der Waals surface area contributed by atoms with Crippen molar-refractivity contribution in [2.75, 3.05) is 18.4 Å². The summed E-state index contributed by atoms with van der Waals surface area (Å²) in [5, 5.41) is 10.7. The number of nitrogens with one attached hydrogen (secondary N) is 1. The van der Waals surface area contributed by atoms with Crippen LogP contribution in [-0.4, -0.2) is 43.9 Å². The molecule has 1 N–H and O–H groups in total. The second kappa shape index (κ2) is 10.5. The van der Waals surface area contributed by atoms with Crippen molar-refractivity contribution < 1.29 is 13.6 Å². The molecule has 9 heteroatoms. The fourth-order valence-corrected chi connectivity index (χ4v) is 4.23. The lowest BCUT2D eigenvalue weighted by atomic mass is 9.94. The minimum atomic E-state index is -0.455. The molecular weight excluding hydrogens is 462 g/mol. The lowest BCUT2D eigenvalue weighted by Crippen LogP contribution is -2.36. The van der Waals surface area contributed by atoms with Crippen molar-refractivity contribution in [1.82, 2.24) is 24.9 Å². The molecule has 0 atom stereocenters. The van der Waals surface area contributed by atoms with Crippen molar-refractivity contribution in [3.05, 3.63) is 96.5 Å². The highest BCUT2D eigenvalue weighted by atomic mass is 19.1. The van der Waals surface area contributed by atoms with Crippen molar-refractivity contribution in [3.63, 3.8) is 0 Å². The first kappa shape index (κ1) is 23.3. The second-order valence-electron chi connectivity index (χ2n) is 8.49. The minimum Gasteiger partial charge on any atom is -0.338 e. The third-order valence-corrected chi connectivity index (χ3v) is 6.03. The molecule has 1 aliphatic heterocycles. The molecule has 0 aliphatic carbocycles. The van der Waals surface area contributed by atoms with E-state index in [1.165, 1.54) is 12.1 Å². The third kappa shape index (κ3) is 5.30. The van der Waals surface area contributed by atoms with Crippen LogP contribution in [0.25, 0.3) is 16.7 Å². The Hall–Kier alpha value is -4.40. The summed E-state index contributed by atoms with van der Waals surface area (Å²) in [6.45, 7) is 1.27. The monoisotopic (exact) mass is 486 g/mol. The van der Waals surface area contributed by atoms with Crippen LogP contribution in [0.2, 0.25) is 0 Å². The van der Waals surface area contributed by atoms with Crippen molar-refractivity contribution >= 4 is 23.0 Å². The molecule has 5 rings (SSSR count). The summed E-state index contributed by atoms with van der Waals surface area (Å²) in [6, 6.07) is 14.9. The highest BCUT2D eigenvalue weighted by Gasteiger charge is 2.23. The molecule has 36 heavy (non-hydrogen) atoms. The number of nitrogens with zero attached hydrogens (tertiary/aromatic N) is 5. The van der Waals surface area contributed by atoms with Gasteiger partial charge in [-0.1, -0.05) is 29.5 Å². The predicted octanol–water partition coefficient (Wildman–Crippen LogP) is 5.07. The number of hydrogen-bond donors (Lipinski definition) is 1. The van der Waals surface area contributed by atoms with Crippen molar-refractivity contribution in [1.29, 1.82) is 0 Å². The number of carbonyl (C=O) groups excluding carboxylic acids is 1. The molecule has 0 saturated carbocycles. The van der Waals surface area contributed by atoms with E-state index in [0.29, 0.717) is 47.6 Å². The number of amides is 1. The average Bonchev–Trinajstić information content (AvgIpc) is 3.43. The molecule has 2 aromatic heterocycles. The molecule has 182 valence electrons. The number of anilines is 2. The maximum absolute atomic E-state index is 15.9. The maximum Gasteiger partial charge on any atom is 0.224 e. The molecule has 4 aromatic rings. The third-order valence-electron chi connectivity index (χ3n) is 6.03. The quantitative estimate of drug-likeness (QED) is 0.395. The van der Waals surface area contributed by atoms with Gasteiger partial charge in [0.2, 0.25) is 5.91 Å². The first-order chi connectivity index (χ1) is 17.6. The molecule has 3 heterocycles. The van der Waals surface area contributed by atoms with Gasteiger partial charge in [0.15, 0.2) is 5.82 Å². The Morgan fingerprint density at radius 1 is 1.03 bits per heavy atom. The van der Waals surface area contributed by atoms with E-state index in [1.54, 1.807) is 70.6 Å². The van der Waals surface area contributed by atoms with Crippen LogP contribution in [0.15, 0.2) is 79.3 Å². The van der Waals surface area contributed by atoms with E-state index in [0.717, 1.165) is 0 Å². The fourth-order valence-electron chi connectivity index (χ4n) is 4.23. The largest absolute Gasteiger partial charge is 0.338 e. The Labute approximate surface area is 207 Å². The van der Waals surface area contributed by atoms with E-state index in [9.17, 15) is 9.18 Å². The van der Waals surface area contributed by atoms with E-state index < -0.39 is 5.82 Å². The van der Waals surface area contributed by atoms with Gasteiger partial charge in [0, 0.05) is 37.5 Å². The number of hydrogen-bond acceptors (Lipinski definition) is 5. The van der Waals surface area contributed by atoms with Crippen molar-refractivity contribution in [3.8, 4) is 11.1 Å². The second-order valence-corrected chi connectivity index (χ2v) is 8.49. The van der Waals surface area contributed by atoms with Gasteiger partial charge in [-0.05, 0) is 59.5 Å². The van der Waals surface area contributed by atoms with Crippen LogP contribution >= 0.6 is 0 Å². The first-order valence-electron chi connectivity index (χ1n) is 11.7. The van der Waals surface area contributed by atoms with Gasteiger partial charge in [0.1, 0.15) is 11.6 Å². The summed E-state index contributed by atoms with van der Waals surface area (Å²) in [7, 11) is 0. The Balaban J connectivity index is 1.45. The fraction of sp³-hybridized carbons (Fsp3) is 0.185. The van der Waals surface area contributed by atoms with Crippen LogP contribution in [0, 0.1) is 11.6 Å². The van der Waals surface area contributed by atoms with Crippen LogP contribution in [0.3, 0.4) is 0 Å². The number of pyridine rings is 1. The van der Waals surface area contributed by atoms with Gasteiger partial charge in [-0.25, -0.2) is 13.8 Å². The molecule has 1 aliphatic rings. The summed E-state index contributed by atoms with van der Waals surface area (Å²) in [5.41, 5.74) is 2.57. The molecule has 0 unspecified atom stereocenters. The Morgan fingerprint density at radius 2 is 1.94 bits per heavy atom. The summed E-state index contributed by atoms with van der Waals surface area (Å²) < 4.78 is 31.4. The van der Waals surface area contributed by atoms with Gasteiger partial charge in [-0.3, -0.25) is 9.48 Å². The molecule has 0 saturated heterocycles. The summed E-state index contributed by atoms with van der Waals surface area (Å²) >= 11 is 0. The van der Waals surface area contributed by atoms with Crippen molar-refractivity contribution in [2.45, 2.75) is 19.4 Å². The molecule has 0 radical (unpaired) electrons. The first-order valence-corrected chi connectivity index (χ1v) is 11.7. The van der Waals surface area contributed by atoms with Gasteiger partial charge >= 0.3 is 0 Å². The van der Waals surface area contributed by atoms with E-state index in [4.69, 9.17) is 0 Å². The molecule has 1 amide bonds. The Morgan fingerprint density at radius 3 is 2.72 bits per heavy atom. The molecule has 2 aromatic carbocycles. The molecule has 0 spiro atoms. The van der Waals surface area contributed by atoms with Crippen LogP contribution in [-0.2, 0) is 11.3 Å². The van der Waals surface area contributed by atoms with E-state index in [-0.39, 0.29) is 30.4 Å². The number of rotatable bonds is 7. The standard InChI is InChI=1S/C27H24F2N6O/c28-22-7-3-5-19(15-22)21-16-23(27(29)24(17-21)32-25-8-1-2-10-30-25)20-6-4-12-34(18-20)26(36)9-13-35-14-11-31-33-35/h1-3,5-8,10-11,14-17H,4,9,12-13,18H2,(H,30,32). The Bertz CT molecular complexity index is 1390. The number of benzene rings is 2. The molecule has 0 bridgehead atoms. The van der Waals surface area contributed by atoms with Gasteiger partial charge < -0.3 is 10.2 Å². The topological polar surface area (TPSA) is 75.9 Å². The normalized spacial score (nSPS) is 13.4. The SMILES string of the molecule is O=C(CCn1ccnn1)N1CCC=C(c2cc(-c3cccc(F)c3)cc(Nc3ccccn3)c2F)C1. The number of aromatic nitrogens is 4. The zero-order valence-corrected chi connectivity index (χ0v) is 19.4. The number of carbonyl (C=O) groups is 1. The zero-order chi connectivity index (χ0) is 24.9. The lowest BCUT2D eigenvalue weighted by molar-refractivity contribution is -0.131. The number of halogens is 2. The van der Waals surface area contributed by atoms with Gasteiger partial charge in [0.25, 0.3) is 0 Å². The lowest BCUT2D eigenvalue weighted by Gasteiger charge is -2.28. The highest BCUT2D eigenvalue weighted by molar-refractivity contribution is 5.83. The Kier molecular flexibility index (Phi) is 6.79. The number of aryl methyl sites for hydroxylation is 1. The zero-order valence-electron chi connectivity index (χ0n) is 19.4. The molecular formula is C27H24F2N6O. The van der Waals surface area contributed by atoms with Gasteiger partial charge in [-0.15, -0.1) is 5.10 Å². The highest BCUT2D eigenvalue weighted by Crippen LogP contribution is 2.34. The van der Waals surface area contributed by atoms with Gasteiger partial charge in [0.05, 0.1) is 18.4 Å². The maximum atomic E-state index is 15.9. The smallest absolute Gasteiger partial charge is 0.224 e. The summed E-state index contributed by atoms with van der Waals surface area (Å²) in [5.74, 6) is -0.381. The summed E-state index contributed by atoms with van der Waals surface area (Å²) in [6.07, 6.45) is 7.73. The van der Waals surface area contributed by atoms with Crippen LogP contribution in [0.4, 0.5) is 20.3 Å². The molecule has 0 fully saturated rings. The van der Waals surface area contributed by atoms with Crippen LogP contribution in [0.5, 0.6) is 0 Å². The van der Waals surface area contributed by atoms with E-state index in [1.807, 2.05) is 6.08 Å². The molecule has 7 nitrogen and oxygen atoms in total. The van der Waals surface area contributed by atoms with E-state index >= 15 is 4.39 Å². The predicted molar refractivity (Wildman–Crippen MR) is 133 cm³/mol. The van der Waals surface area contributed by atoms with Gasteiger partial charge in [-0.2, -0.15) is 0 Å². The summed E-state index contributed by atoms with van der Waals surface area (Å²) in [4.78, 5) is 18.8. The van der Waals surface area contributed by atoms with Crippen molar-refractivity contribution in [2.24, 2.45) is 0 Å². The minimum absolute atomic E-state index is 0.0374. The van der Waals surface area contributed by atoms with Crippen LogP contribution in [0.1, 0.15) is 18.4 Å². The van der Waals surface area contributed by atoms with Crippen LogP contribution < -0.4 is 5.32 Å².